The lowest BCUT2D eigenvalue weighted by Crippen LogP contribution is -2.19. The van der Waals surface area contributed by atoms with Gasteiger partial charge in [-0.1, -0.05) is 38.8 Å². The number of nitrogens with one attached hydrogen (secondary N) is 1. The molecular weight excluding hydrogens is 309 g/mol. The second kappa shape index (κ2) is 7.28. The highest BCUT2D eigenvalue weighted by Gasteiger charge is 2.14. The molecule has 1 rings (SSSR count). The lowest BCUT2D eigenvalue weighted by molar-refractivity contribution is 0.385. The molecule has 0 spiro atoms. The van der Waals surface area contributed by atoms with E-state index in [0.717, 1.165) is 5.92 Å². The molecule has 2 heteroatoms. The number of rotatable bonds is 6. The van der Waals surface area contributed by atoms with E-state index in [4.69, 9.17) is 0 Å². The van der Waals surface area contributed by atoms with Crippen molar-refractivity contribution in [2.24, 2.45) is 5.92 Å². The van der Waals surface area contributed by atoms with Gasteiger partial charge in [-0.2, -0.15) is 0 Å². The van der Waals surface area contributed by atoms with Gasteiger partial charge in [-0.3, -0.25) is 0 Å². The van der Waals surface area contributed by atoms with Gasteiger partial charge < -0.3 is 5.32 Å². The molecule has 1 nitrogen and oxygen atoms in total. The quantitative estimate of drug-likeness (QED) is 0.763. The van der Waals surface area contributed by atoms with Crippen molar-refractivity contribution in [1.82, 2.24) is 5.32 Å². The van der Waals surface area contributed by atoms with Crippen LogP contribution in [0.2, 0.25) is 0 Å². The fourth-order valence-electron chi connectivity index (χ4n) is 2.07. The molecule has 1 N–H and O–H groups in total. The Kier molecular flexibility index (Phi) is 6.36. The van der Waals surface area contributed by atoms with Crippen LogP contribution >= 0.6 is 22.6 Å². The number of halogens is 1. The summed E-state index contributed by atoms with van der Waals surface area (Å²) in [6, 6.07) is 9.36. The summed E-state index contributed by atoms with van der Waals surface area (Å²) < 4.78 is 1.30. The average Bonchev–Trinajstić information content (AvgIpc) is 2.32. The summed E-state index contributed by atoms with van der Waals surface area (Å²) in [4.78, 5) is 0. The van der Waals surface area contributed by atoms with Crippen LogP contribution in [-0.2, 0) is 0 Å². The number of hydrogen-bond donors (Lipinski definition) is 1. The maximum absolute atomic E-state index is 3.43. The molecule has 0 aliphatic carbocycles. The number of benzene rings is 1. The van der Waals surface area contributed by atoms with E-state index in [1.807, 2.05) is 0 Å². The Labute approximate surface area is 113 Å². The van der Waals surface area contributed by atoms with Gasteiger partial charge in [-0.25, -0.2) is 0 Å². The zero-order valence-corrected chi connectivity index (χ0v) is 12.6. The molecule has 0 amide bonds. The maximum atomic E-state index is 3.43. The minimum absolute atomic E-state index is 0.502. The van der Waals surface area contributed by atoms with Crippen LogP contribution in [0.4, 0.5) is 0 Å². The summed E-state index contributed by atoms with van der Waals surface area (Å²) >= 11 is 2.35. The molecule has 1 aromatic carbocycles. The van der Waals surface area contributed by atoms with Crippen molar-refractivity contribution in [3.63, 3.8) is 0 Å². The van der Waals surface area contributed by atoms with Gasteiger partial charge in [0.1, 0.15) is 0 Å². The van der Waals surface area contributed by atoms with Gasteiger partial charge in [0.05, 0.1) is 0 Å². The number of hydrogen-bond acceptors (Lipinski definition) is 1. The van der Waals surface area contributed by atoms with Crippen LogP contribution in [0.5, 0.6) is 0 Å². The molecule has 0 heterocycles. The SMILES string of the molecule is CCC(CC)CC(NC)c1ccc(I)cc1. The normalized spacial score (nSPS) is 13.1. The Balaban J connectivity index is 2.70. The van der Waals surface area contributed by atoms with Crippen LogP contribution in [0, 0.1) is 9.49 Å². The van der Waals surface area contributed by atoms with Crippen molar-refractivity contribution in [3.05, 3.63) is 33.4 Å². The van der Waals surface area contributed by atoms with E-state index in [1.165, 1.54) is 28.4 Å². The molecule has 0 radical (unpaired) electrons. The van der Waals surface area contributed by atoms with Crippen LogP contribution in [-0.4, -0.2) is 7.05 Å². The van der Waals surface area contributed by atoms with E-state index in [9.17, 15) is 0 Å². The van der Waals surface area contributed by atoms with Crippen molar-refractivity contribution in [1.29, 1.82) is 0 Å². The maximum Gasteiger partial charge on any atom is 0.0320 e. The van der Waals surface area contributed by atoms with E-state index < -0.39 is 0 Å². The van der Waals surface area contributed by atoms with E-state index >= 15 is 0 Å². The Bertz CT molecular complexity index is 290. The third-order valence-electron chi connectivity index (χ3n) is 3.34. The summed E-state index contributed by atoms with van der Waals surface area (Å²) in [5.41, 5.74) is 1.41. The molecule has 90 valence electrons. The molecule has 0 saturated carbocycles. The van der Waals surface area contributed by atoms with Crippen LogP contribution in [0.15, 0.2) is 24.3 Å². The van der Waals surface area contributed by atoms with E-state index in [0.29, 0.717) is 6.04 Å². The van der Waals surface area contributed by atoms with Gasteiger partial charge in [0, 0.05) is 9.61 Å². The molecule has 0 aliphatic heterocycles. The molecular formula is C14H22IN. The van der Waals surface area contributed by atoms with E-state index in [2.05, 4.69) is 73.1 Å². The third-order valence-corrected chi connectivity index (χ3v) is 4.06. The van der Waals surface area contributed by atoms with Crippen molar-refractivity contribution >= 4 is 22.6 Å². The van der Waals surface area contributed by atoms with Crippen LogP contribution < -0.4 is 5.32 Å². The molecule has 0 saturated heterocycles. The first kappa shape index (κ1) is 14.0. The Hall–Kier alpha value is -0.0900. The van der Waals surface area contributed by atoms with Crippen LogP contribution in [0.3, 0.4) is 0 Å². The lowest BCUT2D eigenvalue weighted by Gasteiger charge is -2.22. The monoisotopic (exact) mass is 331 g/mol. The first-order chi connectivity index (χ1) is 7.71. The molecule has 1 unspecified atom stereocenters. The van der Waals surface area contributed by atoms with Gasteiger partial charge in [-0.05, 0) is 59.7 Å². The molecule has 1 aromatic rings. The van der Waals surface area contributed by atoms with Gasteiger partial charge in [0.2, 0.25) is 0 Å². The topological polar surface area (TPSA) is 12.0 Å². The predicted molar refractivity (Wildman–Crippen MR) is 79.6 cm³/mol. The van der Waals surface area contributed by atoms with E-state index in [-0.39, 0.29) is 0 Å². The van der Waals surface area contributed by atoms with Crippen molar-refractivity contribution in [2.75, 3.05) is 7.05 Å². The Morgan fingerprint density at radius 3 is 2.12 bits per heavy atom. The third kappa shape index (κ3) is 4.06. The average molecular weight is 331 g/mol. The molecule has 1 atom stereocenters. The van der Waals surface area contributed by atoms with Crippen LogP contribution in [0.25, 0.3) is 0 Å². The van der Waals surface area contributed by atoms with Gasteiger partial charge in [-0.15, -0.1) is 0 Å². The molecule has 0 fully saturated rings. The van der Waals surface area contributed by atoms with Gasteiger partial charge >= 0.3 is 0 Å². The minimum atomic E-state index is 0.502. The van der Waals surface area contributed by atoms with Crippen molar-refractivity contribution in [2.45, 2.75) is 39.2 Å². The van der Waals surface area contributed by atoms with Gasteiger partial charge in [0.25, 0.3) is 0 Å². The molecule has 0 bridgehead atoms. The van der Waals surface area contributed by atoms with Crippen molar-refractivity contribution in [3.8, 4) is 0 Å². The smallest absolute Gasteiger partial charge is 0.0320 e. The fraction of sp³-hybridized carbons (Fsp3) is 0.571. The van der Waals surface area contributed by atoms with E-state index in [1.54, 1.807) is 0 Å². The summed E-state index contributed by atoms with van der Waals surface area (Å²) in [7, 11) is 2.06. The first-order valence-corrected chi connectivity index (χ1v) is 7.21. The lowest BCUT2D eigenvalue weighted by atomic mass is 9.91. The zero-order chi connectivity index (χ0) is 12.0. The first-order valence-electron chi connectivity index (χ1n) is 6.13. The highest BCUT2D eigenvalue weighted by atomic mass is 127. The highest BCUT2D eigenvalue weighted by Crippen LogP contribution is 2.25. The zero-order valence-electron chi connectivity index (χ0n) is 10.5. The largest absolute Gasteiger partial charge is 0.313 e. The van der Waals surface area contributed by atoms with Crippen LogP contribution in [0.1, 0.15) is 44.7 Å². The van der Waals surface area contributed by atoms with Crippen molar-refractivity contribution < 1.29 is 0 Å². The predicted octanol–water partition coefficient (Wildman–Crippen LogP) is 4.38. The fourth-order valence-corrected chi connectivity index (χ4v) is 2.43. The second-order valence-corrected chi connectivity index (χ2v) is 5.56. The molecule has 16 heavy (non-hydrogen) atoms. The molecule has 0 aliphatic rings. The summed E-state index contributed by atoms with van der Waals surface area (Å²) in [6.07, 6.45) is 3.79. The molecule has 0 aromatic heterocycles. The standard InChI is InChI=1S/C14H22IN/c1-4-11(5-2)10-14(16-3)12-6-8-13(15)9-7-12/h6-9,11,14,16H,4-5,10H2,1-3H3. The highest BCUT2D eigenvalue weighted by molar-refractivity contribution is 14.1. The Morgan fingerprint density at radius 1 is 1.12 bits per heavy atom. The Morgan fingerprint density at radius 2 is 1.69 bits per heavy atom. The minimum Gasteiger partial charge on any atom is -0.313 e. The second-order valence-electron chi connectivity index (χ2n) is 4.31. The summed E-state index contributed by atoms with van der Waals surface area (Å²) in [5.74, 6) is 0.830. The summed E-state index contributed by atoms with van der Waals surface area (Å²) in [5, 5.41) is 3.43. The summed E-state index contributed by atoms with van der Waals surface area (Å²) in [6.45, 7) is 4.57. The van der Waals surface area contributed by atoms with Gasteiger partial charge in [0.15, 0.2) is 0 Å².